The minimum Gasteiger partial charge on any atom is -0.447 e. The SMILES string of the molecule is C=C=C(C/C=C/CN(CC=C)S(=O)(=O)c1ccc(C)cc1)N1C(=O)OC[C@H]1Cc1ccccc1. The Morgan fingerprint density at radius 2 is 1.85 bits per heavy atom. The fourth-order valence-electron chi connectivity index (χ4n) is 3.74. The number of amides is 1. The van der Waals surface area contributed by atoms with Crippen LogP contribution in [0, 0.1) is 6.92 Å². The van der Waals surface area contributed by atoms with Crippen molar-refractivity contribution in [2.45, 2.75) is 30.7 Å². The summed E-state index contributed by atoms with van der Waals surface area (Å²) in [5.74, 6) is 0. The Labute approximate surface area is 202 Å². The van der Waals surface area contributed by atoms with Crippen LogP contribution in [-0.2, 0) is 21.2 Å². The van der Waals surface area contributed by atoms with E-state index >= 15 is 0 Å². The van der Waals surface area contributed by atoms with Gasteiger partial charge in [0.2, 0.25) is 10.0 Å². The molecular weight excluding hydrogens is 448 g/mol. The zero-order valence-electron chi connectivity index (χ0n) is 19.4. The van der Waals surface area contributed by atoms with Gasteiger partial charge in [-0.3, -0.25) is 4.90 Å². The van der Waals surface area contributed by atoms with Gasteiger partial charge >= 0.3 is 6.09 Å². The van der Waals surface area contributed by atoms with Gasteiger partial charge in [-0.2, -0.15) is 4.31 Å². The molecule has 1 atom stereocenters. The van der Waals surface area contributed by atoms with Crippen molar-refractivity contribution in [3.8, 4) is 0 Å². The lowest BCUT2D eigenvalue weighted by Gasteiger charge is -2.22. The number of benzene rings is 2. The molecule has 1 heterocycles. The highest BCUT2D eigenvalue weighted by atomic mass is 32.2. The number of carbonyl (C=O) groups is 1. The standard InChI is InChI=1S/C27H30N2O4S/c1-4-18-28(34(31,32)26-16-14-22(3)15-17-26)19-10-9-13-24(5-2)29-25(21-33-27(29)30)20-23-11-7-6-8-12-23/h4,6-12,14-17,25H,1-2,13,18-21H2,3H3/b10-9+/t25-/m1/s1. The van der Waals surface area contributed by atoms with E-state index in [0.29, 0.717) is 25.1 Å². The molecule has 34 heavy (non-hydrogen) atoms. The molecule has 6 nitrogen and oxygen atoms in total. The maximum absolute atomic E-state index is 13.0. The molecule has 1 saturated heterocycles. The second-order valence-corrected chi connectivity index (χ2v) is 9.95. The first-order chi connectivity index (χ1) is 16.4. The topological polar surface area (TPSA) is 66.9 Å². The molecule has 178 valence electrons. The highest BCUT2D eigenvalue weighted by Crippen LogP contribution is 2.24. The molecule has 0 N–H and O–H groups in total. The Hall–Kier alpha value is -3.38. The molecule has 1 fully saturated rings. The van der Waals surface area contributed by atoms with Crippen LogP contribution in [0.25, 0.3) is 0 Å². The van der Waals surface area contributed by atoms with Gasteiger partial charge in [-0.15, -0.1) is 12.3 Å². The normalized spacial score (nSPS) is 16.0. The Balaban J connectivity index is 1.68. The monoisotopic (exact) mass is 478 g/mol. The van der Waals surface area contributed by atoms with Crippen LogP contribution in [-0.4, -0.2) is 49.5 Å². The molecule has 1 amide bonds. The second-order valence-electron chi connectivity index (χ2n) is 8.01. The van der Waals surface area contributed by atoms with Crippen molar-refractivity contribution in [2.75, 3.05) is 19.7 Å². The van der Waals surface area contributed by atoms with Gasteiger partial charge in [0, 0.05) is 19.5 Å². The van der Waals surface area contributed by atoms with Gasteiger partial charge in [-0.05, 0) is 31.0 Å². The summed E-state index contributed by atoms with van der Waals surface area (Å²) in [6, 6.07) is 16.5. The molecule has 0 aliphatic carbocycles. The van der Waals surface area contributed by atoms with Gasteiger partial charge in [0.15, 0.2) is 0 Å². The van der Waals surface area contributed by atoms with Crippen LogP contribution in [0.15, 0.2) is 102 Å². The largest absolute Gasteiger partial charge is 0.447 e. The van der Waals surface area contributed by atoms with Gasteiger partial charge < -0.3 is 4.74 Å². The number of sulfonamides is 1. The molecule has 0 unspecified atom stereocenters. The number of rotatable bonds is 11. The molecule has 0 spiro atoms. The van der Waals surface area contributed by atoms with E-state index in [1.54, 1.807) is 41.3 Å². The quantitative estimate of drug-likeness (QED) is 0.342. The minimum absolute atomic E-state index is 0.147. The number of hydrogen-bond donors (Lipinski definition) is 0. The van der Waals surface area contributed by atoms with Crippen molar-refractivity contribution in [1.82, 2.24) is 9.21 Å². The summed E-state index contributed by atoms with van der Waals surface area (Å²) in [7, 11) is -3.66. The summed E-state index contributed by atoms with van der Waals surface area (Å²) < 4.78 is 32.7. The molecule has 1 aliphatic rings. The van der Waals surface area contributed by atoms with Crippen LogP contribution in [0.1, 0.15) is 17.5 Å². The third-order valence-electron chi connectivity index (χ3n) is 5.55. The second kappa shape index (κ2) is 11.7. The predicted molar refractivity (Wildman–Crippen MR) is 134 cm³/mol. The minimum atomic E-state index is -3.66. The number of hydrogen-bond acceptors (Lipinski definition) is 4. The van der Waals surface area contributed by atoms with Crippen molar-refractivity contribution >= 4 is 16.1 Å². The average molecular weight is 479 g/mol. The number of allylic oxidation sites excluding steroid dienone is 1. The third kappa shape index (κ3) is 6.14. The van der Waals surface area contributed by atoms with Crippen molar-refractivity contribution in [3.05, 3.63) is 109 Å². The fourth-order valence-corrected chi connectivity index (χ4v) is 5.11. The first kappa shape index (κ1) is 25.2. The molecule has 7 heteroatoms. The van der Waals surface area contributed by atoms with Crippen molar-refractivity contribution in [3.63, 3.8) is 0 Å². The van der Waals surface area contributed by atoms with E-state index in [2.05, 4.69) is 18.9 Å². The highest BCUT2D eigenvalue weighted by Gasteiger charge is 2.35. The van der Waals surface area contributed by atoms with E-state index in [1.807, 2.05) is 43.3 Å². The molecule has 2 aromatic carbocycles. The molecular formula is C27H30N2O4S. The predicted octanol–water partition coefficient (Wildman–Crippen LogP) is 4.85. The summed E-state index contributed by atoms with van der Waals surface area (Å²) in [5.41, 5.74) is 5.55. The molecule has 3 rings (SSSR count). The average Bonchev–Trinajstić information content (AvgIpc) is 3.19. The summed E-state index contributed by atoms with van der Waals surface area (Å²) in [6.07, 6.45) is 5.75. The van der Waals surface area contributed by atoms with Gasteiger partial charge in [-0.1, -0.05) is 72.8 Å². The molecule has 2 aromatic rings. The smallest absolute Gasteiger partial charge is 0.414 e. The Bertz CT molecular complexity index is 1180. The Kier molecular flexibility index (Phi) is 8.66. The fraction of sp³-hybridized carbons (Fsp3) is 0.259. The molecule has 0 saturated carbocycles. The van der Waals surface area contributed by atoms with Crippen LogP contribution in [0.5, 0.6) is 0 Å². The van der Waals surface area contributed by atoms with Gasteiger partial charge in [0.1, 0.15) is 6.61 Å². The third-order valence-corrected chi connectivity index (χ3v) is 7.39. The zero-order chi connectivity index (χ0) is 24.6. The number of nitrogens with zero attached hydrogens (tertiary/aromatic N) is 2. The van der Waals surface area contributed by atoms with Crippen molar-refractivity contribution < 1.29 is 17.9 Å². The number of cyclic esters (lactones) is 1. The molecule has 1 aliphatic heterocycles. The van der Waals surface area contributed by atoms with Crippen molar-refractivity contribution in [1.29, 1.82) is 0 Å². The van der Waals surface area contributed by atoms with Crippen LogP contribution in [0.4, 0.5) is 4.79 Å². The first-order valence-corrected chi connectivity index (χ1v) is 12.5. The Morgan fingerprint density at radius 1 is 1.15 bits per heavy atom. The van der Waals surface area contributed by atoms with E-state index in [9.17, 15) is 13.2 Å². The lowest BCUT2D eigenvalue weighted by Crippen LogP contribution is -2.34. The molecule has 0 bridgehead atoms. The van der Waals surface area contributed by atoms with E-state index < -0.39 is 16.1 Å². The van der Waals surface area contributed by atoms with Gasteiger partial charge in [0.05, 0.1) is 16.6 Å². The first-order valence-electron chi connectivity index (χ1n) is 11.1. The van der Waals surface area contributed by atoms with E-state index in [0.717, 1.165) is 11.1 Å². The maximum atomic E-state index is 13.0. The highest BCUT2D eigenvalue weighted by molar-refractivity contribution is 7.89. The maximum Gasteiger partial charge on any atom is 0.414 e. The van der Waals surface area contributed by atoms with Crippen LogP contribution < -0.4 is 0 Å². The Morgan fingerprint density at radius 3 is 2.50 bits per heavy atom. The number of carbonyl (C=O) groups excluding carboxylic acids is 1. The van der Waals surface area contributed by atoms with E-state index in [1.165, 1.54) is 4.31 Å². The number of ether oxygens (including phenoxy) is 1. The summed E-state index contributed by atoms with van der Waals surface area (Å²) in [6.45, 7) is 9.99. The van der Waals surface area contributed by atoms with E-state index in [-0.39, 0.29) is 24.0 Å². The van der Waals surface area contributed by atoms with Crippen LogP contribution in [0.3, 0.4) is 0 Å². The zero-order valence-corrected chi connectivity index (χ0v) is 20.2. The van der Waals surface area contributed by atoms with Gasteiger partial charge in [-0.25, -0.2) is 13.2 Å². The van der Waals surface area contributed by atoms with Crippen LogP contribution in [0.2, 0.25) is 0 Å². The van der Waals surface area contributed by atoms with Crippen molar-refractivity contribution in [2.24, 2.45) is 0 Å². The summed E-state index contributed by atoms with van der Waals surface area (Å²) >= 11 is 0. The molecule has 0 aromatic heterocycles. The van der Waals surface area contributed by atoms with E-state index in [4.69, 9.17) is 4.74 Å². The van der Waals surface area contributed by atoms with Gasteiger partial charge in [0.25, 0.3) is 0 Å². The van der Waals surface area contributed by atoms with Crippen LogP contribution >= 0.6 is 0 Å². The summed E-state index contributed by atoms with van der Waals surface area (Å²) in [5, 5.41) is 0. The molecule has 0 radical (unpaired) electrons. The summed E-state index contributed by atoms with van der Waals surface area (Å²) in [4.78, 5) is 14.2. The number of aryl methyl sites for hydroxylation is 1. The lowest BCUT2D eigenvalue weighted by molar-refractivity contribution is 0.164. The lowest BCUT2D eigenvalue weighted by atomic mass is 10.1.